The van der Waals surface area contributed by atoms with Crippen molar-refractivity contribution in [3.63, 3.8) is 0 Å². The average molecular weight is 312 g/mol. The van der Waals surface area contributed by atoms with Gasteiger partial charge in [-0.2, -0.15) is 15.0 Å². The summed E-state index contributed by atoms with van der Waals surface area (Å²) in [6, 6.07) is 5.20. The van der Waals surface area contributed by atoms with Gasteiger partial charge in [-0.1, -0.05) is 23.2 Å². The molecule has 2 rings (SSSR count). The summed E-state index contributed by atoms with van der Waals surface area (Å²) in [5.41, 5.74) is 0.684. The molecule has 0 aliphatic heterocycles. The minimum Gasteiger partial charge on any atom is -0.354 e. The molecular weight excluding hydrogens is 297 g/mol. The van der Waals surface area contributed by atoms with Gasteiger partial charge in [-0.05, 0) is 25.1 Å². The molecule has 1 heterocycles. The Balaban J connectivity index is 2.57. The van der Waals surface area contributed by atoms with Gasteiger partial charge in [0.1, 0.15) is 0 Å². The number of benzene rings is 1. The van der Waals surface area contributed by atoms with Crippen molar-refractivity contribution in [3.05, 3.63) is 28.2 Å². The number of aromatic nitrogens is 3. The lowest BCUT2D eigenvalue weighted by molar-refractivity contribution is 0.953. The molecule has 7 heteroatoms. The van der Waals surface area contributed by atoms with Crippen molar-refractivity contribution in [1.82, 2.24) is 15.0 Å². The van der Waals surface area contributed by atoms with Crippen LogP contribution in [0.15, 0.2) is 18.2 Å². The predicted octanol–water partition coefficient (Wildman–Crippen LogP) is 3.34. The first-order valence-corrected chi connectivity index (χ1v) is 6.89. The van der Waals surface area contributed by atoms with E-state index in [4.69, 9.17) is 23.2 Å². The molecule has 0 spiro atoms. The largest absolute Gasteiger partial charge is 0.354 e. The Kier molecular flexibility index (Phi) is 4.62. The molecule has 5 nitrogen and oxygen atoms in total. The monoisotopic (exact) mass is 311 g/mol. The van der Waals surface area contributed by atoms with Crippen LogP contribution in [0.5, 0.6) is 0 Å². The average Bonchev–Trinajstić information content (AvgIpc) is 2.41. The van der Waals surface area contributed by atoms with Gasteiger partial charge >= 0.3 is 0 Å². The molecule has 0 saturated heterocycles. The highest BCUT2D eigenvalue weighted by Crippen LogP contribution is 2.29. The Labute approximate surface area is 128 Å². The lowest BCUT2D eigenvalue weighted by Gasteiger charge is -2.13. The van der Waals surface area contributed by atoms with Gasteiger partial charge in [-0.3, -0.25) is 0 Å². The van der Waals surface area contributed by atoms with Gasteiger partial charge in [0.2, 0.25) is 11.9 Å². The lowest BCUT2D eigenvalue weighted by Crippen LogP contribution is -2.16. The first-order chi connectivity index (χ1) is 9.51. The summed E-state index contributed by atoms with van der Waals surface area (Å²) in [4.78, 5) is 14.9. The van der Waals surface area contributed by atoms with Gasteiger partial charge in [0.25, 0.3) is 0 Å². The first-order valence-electron chi connectivity index (χ1n) is 6.14. The maximum Gasteiger partial charge on any atom is 0.230 e. The van der Waals surface area contributed by atoms with E-state index in [0.29, 0.717) is 33.3 Å². The number of hydrogen-bond donors (Lipinski definition) is 1. The standard InChI is InChI=1S/C13H15Cl2N5/c1-4-16-12-17-11(18-13(19-12)20(2)3)9-7-8(14)5-6-10(9)15/h5-7H,4H2,1-3H3,(H,16,17,18,19). The zero-order valence-electron chi connectivity index (χ0n) is 11.5. The summed E-state index contributed by atoms with van der Waals surface area (Å²) >= 11 is 12.2. The van der Waals surface area contributed by atoms with Crippen molar-refractivity contribution in [3.8, 4) is 11.4 Å². The van der Waals surface area contributed by atoms with E-state index in [0.717, 1.165) is 6.54 Å². The quantitative estimate of drug-likeness (QED) is 0.938. The molecular formula is C13H15Cl2N5. The van der Waals surface area contributed by atoms with E-state index in [1.165, 1.54) is 0 Å². The van der Waals surface area contributed by atoms with Crippen LogP contribution in [-0.4, -0.2) is 35.6 Å². The molecule has 2 aromatic rings. The third kappa shape index (κ3) is 3.29. The summed E-state index contributed by atoms with van der Waals surface area (Å²) in [6.45, 7) is 2.70. The SMILES string of the molecule is CCNc1nc(-c2cc(Cl)ccc2Cl)nc(N(C)C)n1. The summed E-state index contributed by atoms with van der Waals surface area (Å²) < 4.78 is 0. The zero-order chi connectivity index (χ0) is 14.7. The topological polar surface area (TPSA) is 53.9 Å². The van der Waals surface area contributed by atoms with Crippen molar-refractivity contribution >= 4 is 35.1 Å². The maximum atomic E-state index is 6.20. The molecule has 0 saturated carbocycles. The summed E-state index contributed by atoms with van der Waals surface area (Å²) in [5.74, 6) is 1.56. The molecule has 0 radical (unpaired) electrons. The van der Waals surface area contributed by atoms with E-state index in [2.05, 4.69) is 20.3 Å². The van der Waals surface area contributed by atoms with E-state index in [9.17, 15) is 0 Å². The second kappa shape index (κ2) is 6.24. The number of nitrogens with zero attached hydrogens (tertiary/aromatic N) is 4. The fourth-order valence-electron chi connectivity index (χ4n) is 1.59. The highest BCUT2D eigenvalue weighted by atomic mass is 35.5. The highest BCUT2D eigenvalue weighted by molar-refractivity contribution is 6.35. The van der Waals surface area contributed by atoms with E-state index in [1.54, 1.807) is 18.2 Å². The van der Waals surface area contributed by atoms with Crippen LogP contribution >= 0.6 is 23.2 Å². The van der Waals surface area contributed by atoms with Crippen molar-refractivity contribution < 1.29 is 0 Å². The third-order valence-electron chi connectivity index (χ3n) is 2.53. The molecule has 0 aliphatic carbocycles. The molecule has 106 valence electrons. The minimum atomic E-state index is 0.493. The molecule has 1 aromatic heterocycles. The summed E-state index contributed by atoms with van der Waals surface area (Å²) in [7, 11) is 3.74. The van der Waals surface area contributed by atoms with Gasteiger partial charge in [0.15, 0.2) is 5.82 Å². The number of halogens is 2. The Bertz CT molecular complexity index is 616. The third-order valence-corrected chi connectivity index (χ3v) is 3.09. The fraction of sp³-hybridized carbons (Fsp3) is 0.308. The Hall–Kier alpha value is -1.59. The van der Waals surface area contributed by atoms with Gasteiger partial charge in [-0.15, -0.1) is 0 Å². The molecule has 1 aromatic carbocycles. The van der Waals surface area contributed by atoms with Crippen molar-refractivity contribution in [1.29, 1.82) is 0 Å². The van der Waals surface area contributed by atoms with Gasteiger partial charge < -0.3 is 10.2 Å². The van der Waals surface area contributed by atoms with Gasteiger partial charge in [0.05, 0.1) is 5.02 Å². The summed E-state index contributed by atoms with van der Waals surface area (Å²) in [6.07, 6.45) is 0. The van der Waals surface area contributed by atoms with Crippen LogP contribution in [0.1, 0.15) is 6.92 Å². The normalized spacial score (nSPS) is 10.4. The molecule has 0 unspecified atom stereocenters. The van der Waals surface area contributed by atoms with Crippen LogP contribution in [0.4, 0.5) is 11.9 Å². The van der Waals surface area contributed by atoms with E-state index in [1.807, 2.05) is 25.9 Å². The molecule has 0 atom stereocenters. The first kappa shape index (κ1) is 14.8. The van der Waals surface area contributed by atoms with Crippen molar-refractivity contribution in [2.24, 2.45) is 0 Å². The van der Waals surface area contributed by atoms with E-state index < -0.39 is 0 Å². The second-order valence-corrected chi connectivity index (χ2v) is 5.18. The lowest BCUT2D eigenvalue weighted by atomic mass is 10.2. The number of nitrogens with one attached hydrogen (secondary N) is 1. The van der Waals surface area contributed by atoms with Crippen molar-refractivity contribution in [2.75, 3.05) is 30.9 Å². The van der Waals surface area contributed by atoms with Crippen LogP contribution < -0.4 is 10.2 Å². The molecule has 20 heavy (non-hydrogen) atoms. The second-order valence-electron chi connectivity index (χ2n) is 4.33. The highest BCUT2D eigenvalue weighted by Gasteiger charge is 2.12. The van der Waals surface area contributed by atoms with Crippen LogP contribution in [0.2, 0.25) is 10.0 Å². The molecule has 1 N–H and O–H groups in total. The molecule has 0 fully saturated rings. The van der Waals surface area contributed by atoms with E-state index in [-0.39, 0.29) is 0 Å². The molecule has 0 bridgehead atoms. The maximum absolute atomic E-state index is 6.20. The summed E-state index contributed by atoms with van der Waals surface area (Å²) in [5, 5.41) is 4.22. The molecule has 0 amide bonds. The van der Waals surface area contributed by atoms with E-state index >= 15 is 0 Å². The van der Waals surface area contributed by atoms with Crippen LogP contribution in [0.25, 0.3) is 11.4 Å². The van der Waals surface area contributed by atoms with Gasteiger partial charge in [-0.25, -0.2) is 0 Å². The fourth-order valence-corrected chi connectivity index (χ4v) is 1.97. The Morgan fingerprint density at radius 1 is 1.15 bits per heavy atom. The van der Waals surface area contributed by atoms with Crippen LogP contribution in [0, 0.1) is 0 Å². The number of rotatable bonds is 4. The zero-order valence-corrected chi connectivity index (χ0v) is 13.0. The number of hydrogen-bond acceptors (Lipinski definition) is 5. The predicted molar refractivity (Wildman–Crippen MR) is 83.8 cm³/mol. The minimum absolute atomic E-state index is 0.493. The van der Waals surface area contributed by atoms with Crippen LogP contribution in [0.3, 0.4) is 0 Å². The Morgan fingerprint density at radius 2 is 1.90 bits per heavy atom. The van der Waals surface area contributed by atoms with Crippen molar-refractivity contribution in [2.45, 2.75) is 6.92 Å². The number of anilines is 2. The van der Waals surface area contributed by atoms with Gasteiger partial charge in [0, 0.05) is 31.2 Å². The van der Waals surface area contributed by atoms with Crippen LogP contribution in [-0.2, 0) is 0 Å². The molecule has 0 aliphatic rings. The smallest absolute Gasteiger partial charge is 0.230 e. The Morgan fingerprint density at radius 3 is 2.55 bits per heavy atom.